The first-order chi connectivity index (χ1) is 16.0. The first kappa shape index (κ1) is 27.4. The van der Waals surface area contributed by atoms with Gasteiger partial charge in [0.15, 0.2) is 0 Å². The molecule has 6 N–H and O–H groups in total. The molecule has 0 fully saturated rings. The summed E-state index contributed by atoms with van der Waals surface area (Å²) in [6, 6.07) is 4.34. The molecule has 0 aliphatic heterocycles. The Kier molecular flexibility index (Phi) is 5.85. The molecule has 0 spiro atoms. The van der Waals surface area contributed by atoms with Crippen molar-refractivity contribution in [2.24, 2.45) is 0 Å². The quantitative estimate of drug-likeness (QED) is 0.188. The maximum Gasteiger partial charge on any atom is 0.430 e. The van der Waals surface area contributed by atoms with Gasteiger partial charge in [0.25, 0.3) is 11.2 Å². The SMILES string of the molecule is Nc1ccc2cc3c(C(O)(C(F)(F)F)C(F)(F)F)c(N)c(C(O)(C(F)(F)F)C(F)(F)F)cc3cc2c1. The second-order valence-corrected chi connectivity index (χ2v) is 7.80. The molecule has 0 saturated carbocycles. The number of halogens is 12. The van der Waals surface area contributed by atoms with Crippen LogP contribution in [0.2, 0.25) is 0 Å². The predicted molar refractivity (Wildman–Crippen MR) is 102 cm³/mol. The number of hydrogen-bond acceptors (Lipinski definition) is 4. The molecule has 0 amide bonds. The molecule has 0 saturated heterocycles. The van der Waals surface area contributed by atoms with Crippen molar-refractivity contribution < 1.29 is 62.9 Å². The lowest BCUT2D eigenvalue weighted by Crippen LogP contribution is -2.56. The van der Waals surface area contributed by atoms with Crippen LogP contribution in [-0.4, -0.2) is 34.9 Å². The van der Waals surface area contributed by atoms with Gasteiger partial charge >= 0.3 is 24.7 Å². The zero-order chi connectivity index (χ0) is 27.9. The van der Waals surface area contributed by atoms with Crippen LogP contribution in [0.25, 0.3) is 21.5 Å². The summed E-state index contributed by atoms with van der Waals surface area (Å²) < 4.78 is 163. The van der Waals surface area contributed by atoms with Gasteiger partial charge in [-0.1, -0.05) is 6.07 Å². The van der Waals surface area contributed by atoms with Crippen molar-refractivity contribution in [3.05, 3.63) is 47.5 Å². The van der Waals surface area contributed by atoms with E-state index in [-0.39, 0.29) is 22.5 Å². The third-order valence-corrected chi connectivity index (χ3v) is 5.55. The molecule has 0 unspecified atom stereocenters. The summed E-state index contributed by atoms with van der Waals surface area (Å²) in [6.45, 7) is 0. The second-order valence-electron chi connectivity index (χ2n) is 7.80. The molecule has 0 aliphatic rings. The highest BCUT2D eigenvalue weighted by Crippen LogP contribution is 2.58. The molecule has 3 aromatic carbocycles. The Labute approximate surface area is 191 Å². The Morgan fingerprint density at radius 3 is 1.44 bits per heavy atom. The van der Waals surface area contributed by atoms with E-state index in [4.69, 9.17) is 11.5 Å². The number of nitrogens with two attached hydrogens (primary N) is 2. The van der Waals surface area contributed by atoms with Gasteiger partial charge in [0, 0.05) is 22.5 Å². The van der Waals surface area contributed by atoms with Gasteiger partial charge in [0.05, 0.1) is 0 Å². The van der Waals surface area contributed by atoms with Crippen molar-refractivity contribution in [1.29, 1.82) is 0 Å². The van der Waals surface area contributed by atoms with E-state index in [9.17, 15) is 62.9 Å². The molecular weight excluding hydrogens is 528 g/mol. The number of anilines is 2. The lowest BCUT2D eigenvalue weighted by atomic mass is 9.80. The molecule has 0 aliphatic carbocycles. The maximum atomic E-state index is 13.7. The van der Waals surface area contributed by atoms with Gasteiger partial charge in [0.1, 0.15) is 0 Å². The van der Waals surface area contributed by atoms with Crippen LogP contribution >= 0.6 is 0 Å². The molecule has 0 bridgehead atoms. The summed E-state index contributed by atoms with van der Waals surface area (Å²) >= 11 is 0. The molecule has 0 radical (unpaired) electrons. The van der Waals surface area contributed by atoms with Crippen LogP contribution in [0.4, 0.5) is 64.1 Å². The average Bonchev–Trinajstić information content (AvgIpc) is 2.67. The van der Waals surface area contributed by atoms with Crippen LogP contribution in [0, 0.1) is 0 Å². The Hall–Kier alpha value is -3.14. The number of benzene rings is 3. The van der Waals surface area contributed by atoms with Gasteiger partial charge in [-0.05, 0) is 51.9 Å². The number of hydrogen-bond donors (Lipinski definition) is 4. The number of alkyl halides is 12. The lowest BCUT2D eigenvalue weighted by molar-refractivity contribution is -0.377. The number of aliphatic hydroxyl groups is 2. The summed E-state index contributed by atoms with van der Waals surface area (Å²) in [5.41, 5.74) is -9.02. The molecule has 4 nitrogen and oxygen atoms in total. The highest BCUT2D eigenvalue weighted by molar-refractivity contribution is 6.03. The highest BCUT2D eigenvalue weighted by Gasteiger charge is 2.75. The average molecular weight is 540 g/mol. The van der Waals surface area contributed by atoms with Gasteiger partial charge in [-0.25, -0.2) is 0 Å². The highest BCUT2D eigenvalue weighted by atomic mass is 19.4. The van der Waals surface area contributed by atoms with E-state index in [0.717, 1.165) is 18.2 Å². The largest absolute Gasteiger partial charge is 0.430 e. The molecule has 0 aromatic heterocycles. The fraction of sp³-hybridized carbons (Fsp3) is 0.300. The van der Waals surface area contributed by atoms with E-state index in [1.807, 2.05) is 0 Å². The lowest BCUT2D eigenvalue weighted by Gasteiger charge is -2.38. The molecule has 0 atom stereocenters. The maximum absolute atomic E-state index is 13.7. The summed E-state index contributed by atoms with van der Waals surface area (Å²) in [4.78, 5) is 0. The third-order valence-electron chi connectivity index (χ3n) is 5.55. The van der Waals surface area contributed by atoms with E-state index < -0.39 is 63.5 Å². The minimum absolute atomic E-state index is 0.0260. The van der Waals surface area contributed by atoms with Crippen LogP contribution in [-0.2, 0) is 11.2 Å². The predicted octanol–water partition coefficient (Wildman–Crippen LogP) is 5.78. The van der Waals surface area contributed by atoms with Crippen LogP contribution in [0.5, 0.6) is 0 Å². The minimum Gasteiger partial charge on any atom is -0.399 e. The van der Waals surface area contributed by atoms with Crippen LogP contribution < -0.4 is 11.5 Å². The van der Waals surface area contributed by atoms with Crippen molar-refractivity contribution in [2.75, 3.05) is 11.5 Å². The number of nitrogen functional groups attached to an aromatic ring is 2. The Morgan fingerprint density at radius 1 is 0.528 bits per heavy atom. The van der Waals surface area contributed by atoms with Gasteiger partial charge in [-0.3, -0.25) is 0 Å². The zero-order valence-electron chi connectivity index (χ0n) is 17.0. The van der Waals surface area contributed by atoms with Gasteiger partial charge in [0.2, 0.25) is 0 Å². The van der Waals surface area contributed by atoms with Crippen molar-refractivity contribution >= 4 is 32.9 Å². The summed E-state index contributed by atoms with van der Waals surface area (Å²) in [5.74, 6) is 0. The van der Waals surface area contributed by atoms with E-state index in [2.05, 4.69) is 0 Å². The van der Waals surface area contributed by atoms with Crippen LogP contribution in [0.1, 0.15) is 11.1 Å². The van der Waals surface area contributed by atoms with E-state index in [1.165, 1.54) is 0 Å². The second kappa shape index (κ2) is 7.68. The fourth-order valence-electron chi connectivity index (χ4n) is 3.78. The molecule has 3 rings (SSSR count). The monoisotopic (exact) mass is 540 g/mol. The molecule has 16 heteroatoms. The van der Waals surface area contributed by atoms with E-state index in [0.29, 0.717) is 12.1 Å². The van der Waals surface area contributed by atoms with Crippen molar-refractivity contribution in [3.8, 4) is 0 Å². The first-order valence-corrected chi connectivity index (χ1v) is 9.26. The molecule has 198 valence electrons. The summed E-state index contributed by atoms with van der Waals surface area (Å²) in [7, 11) is 0. The first-order valence-electron chi connectivity index (χ1n) is 9.26. The number of rotatable bonds is 2. The Balaban J connectivity index is 2.71. The minimum atomic E-state index is -6.74. The Bertz CT molecular complexity index is 1310. The standard InChI is InChI=1S/C20H12F12N2O2/c21-17(22,23)15(35,18(24,25)26)12-6-9-3-8-4-10(33)2-1-7(8)5-11(9)13(14(12)34)16(36,19(27,28)29)20(30,31)32/h1-6,35-36H,33-34H2. The molecule has 0 heterocycles. The normalized spacial score (nSPS) is 14.6. The number of fused-ring (bicyclic) bond motifs is 2. The van der Waals surface area contributed by atoms with Crippen molar-refractivity contribution in [1.82, 2.24) is 0 Å². The molecule has 3 aromatic rings. The fourth-order valence-corrected chi connectivity index (χ4v) is 3.78. The topological polar surface area (TPSA) is 92.5 Å². The third kappa shape index (κ3) is 3.73. The summed E-state index contributed by atoms with van der Waals surface area (Å²) in [5, 5.41) is 17.1. The molecular formula is C20H12F12N2O2. The summed E-state index contributed by atoms with van der Waals surface area (Å²) in [6.07, 6.45) is -26.9. The van der Waals surface area contributed by atoms with Gasteiger partial charge in [-0.15, -0.1) is 0 Å². The van der Waals surface area contributed by atoms with Crippen LogP contribution in [0.3, 0.4) is 0 Å². The Morgan fingerprint density at radius 2 is 1.00 bits per heavy atom. The zero-order valence-corrected chi connectivity index (χ0v) is 17.0. The van der Waals surface area contributed by atoms with Gasteiger partial charge in [-0.2, -0.15) is 52.7 Å². The van der Waals surface area contributed by atoms with Crippen molar-refractivity contribution in [3.63, 3.8) is 0 Å². The van der Waals surface area contributed by atoms with E-state index >= 15 is 0 Å². The molecule has 36 heavy (non-hydrogen) atoms. The van der Waals surface area contributed by atoms with Crippen molar-refractivity contribution in [2.45, 2.75) is 35.9 Å². The van der Waals surface area contributed by atoms with Gasteiger partial charge < -0.3 is 21.7 Å². The smallest absolute Gasteiger partial charge is 0.399 e. The van der Waals surface area contributed by atoms with Crippen LogP contribution in [0.15, 0.2) is 36.4 Å². The van der Waals surface area contributed by atoms with E-state index in [1.54, 1.807) is 0 Å².